The van der Waals surface area contributed by atoms with E-state index in [2.05, 4.69) is 4.98 Å². The molecule has 0 saturated heterocycles. The first kappa shape index (κ1) is 14.5. The Balaban J connectivity index is 2.49. The van der Waals surface area contributed by atoms with Gasteiger partial charge in [-0.15, -0.1) is 11.3 Å². The number of anilines is 1. The van der Waals surface area contributed by atoms with Crippen LogP contribution in [0.15, 0.2) is 5.38 Å². The molecule has 0 aliphatic heterocycles. The predicted octanol–water partition coefficient (Wildman–Crippen LogP) is 2.13. The Labute approximate surface area is 110 Å². The number of aliphatic hydroxyl groups excluding tert-OH is 1. The number of hydrogen-bond donors (Lipinski definition) is 1. The molecule has 0 saturated carbocycles. The number of aliphatic hydroxyl groups is 1. The minimum absolute atomic E-state index is 0.0290. The monoisotopic (exact) mass is 274 g/mol. The summed E-state index contributed by atoms with van der Waals surface area (Å²) in [5.41, 5.74) is 1.01. The van der Waals surface area contributed by atoms with Crippen molar-refractivity contribution in [2.75, 3.05) is 23.8 Å². The SMILES string of the molecule is CCN(C(C)=O)c1nc(CSCCCO)cs1. The van der Waals surface area contributed by atoms with Crippen LogP contribution in [0.1, 0.15) is 26.0 Å². The van der Waals surface area contributed by atoms with Crippen LogP contribution in [0.2, 0.25) is 0 Å². The van der Waals surface area contributed by atoms with Gasteiger partial charge in [-0.25, -0.2) is 4.98 Å². The lowest BCUT2D eigenvalue weighted by Gasteiger charge is -2.14. The molecule has 0 bridgehead atoms. The Morgan fingerprint density at radius 2 is 2.41 bits per heavy atom. The van der Waals surface area contributed by atoms with Gasteiger partial charge in [0, 0.05) is 31.2 Å². The van der Waals surface area contributed by atoms with Crippen LogP contribution in [0.4, 0.5) is 5.13 Å². The van der Waals surface area contributed by atoms with Gasteiger partial charge < -0.3 is 5.11 Å². The number of amides is 1. The molecule has 4 nitrogen and oxygen atoms in total. The summed E-state index contributed by atoms with van der Waals surface area (Å²) in [6.07, 6.45) is 0.816. The number of carbonyl (C=O) groups excluding carboxylic acids is 1. The topological polar surface area (TPSA) is 53.4 Å². The normalized spacial score (nSPS) is 10.5. The number of carbonyl (C=O) groups is 1. The summed E-state index contributed by atoms with van der Waals surface area (Å²) < 4.78 is 0. The Morgan fingerprint density at radius 1 is 1.65 bits per heavy atom. The van der Waals surface area contributed by atoms with Crippen molar-refractivity contribution in [1.29, 1.82) is 0 Å². The van der Waals surface area contributed by atoms with E-state index in [-0.39, 0.29) is 12.5 Å². The van der Waals surface area contributed by atoms with E-state index in [4.69, 9.17) is 5.11 Å². The van der Waals surface area contributed by atoms with Crippen LogP contribution in [0.25, 0.3) is 0 Å². The Morgan fingerprint density at radius 3 is 3.00 bits per heavy atom. The molecule has 1 rings (SSSR count). The molecular formula is C11H18N2O2S2. The summed E-state index contributed by atoms with van der Waals surface area (Å²) in [6, 6.07) is 0. The third kappa shape index (κ3) is 4.65. The maximum Gasteiger partial charge on any atom is 0.225 e. The molecular weight excluding hydrogens is 256 g/mol. The van der Waals surface area contributed by atoms with Crippen molar-refractivity contribution in [3.8, 4) is 0 Å². The van der Waals surface area contributed by atoms with Crippen molar-refractivity contribution in [2.45, 2.75) is 26.0 Å². The second kappa shape index (κ2) is 7.68. The average molecular weight is 274 g/mol. The molecule has 0 unspecified atom stereocenters. The number of thiazole rings is 1. The third-order valence-electron chi connectivity index (χ3n) is 2.16. The first-order valence-electron chi connectivity index (χ1n) is 5.60. The van der Waals surface area contributed by atoms with Gasteiger partial charge in [0.1, 0.15) is 0 Å². The molecule has 0 radical (unpaired) electrons. The van der Waals surface area contributed by atoms with Gasteiger partial charge in [0.2, 0.25) is 5.91 Å². The van der Waals surface area contributed by atoms with Crippen LogP contribution < -0.4 is 4.90 Å². The van der Waals surface area contributed by atoms with Crippen LogP contribution in [0.5, 0.6) is 0 Å². The zero-order valence-corrected chi connectivity index (χ0v) is 11.8. The van der Waals surface area contributed by atoms with Gasteiger partial charge in [0.25, 0.3) is 0 Å². The molecule has 1 aromatic rings. The van der Waals surface area contributed by atoms with E-state index in [1.807, 2.05) is 12.3 Å². The zero-order chi connectivity index (χ0) is 12.7. The fourth-order valence-corrected chi connectivity index (χ4v) is 3.19. The molecule has 0 aromatic carbocycles. The zero-order valence-electron chi connectivity index (χ0n) is 10.2. The van der Waals surface area contributed by atoms with Crippen LogP contribution in [-0.2, 0) is 10.5 Å². The molecule has 1 amide bonds. The molecule has 0 atom stereocenters. The van der Waals surface area contributed by atoms with E-state index < -0.39 is 0 Å². The van der Waals surface area contributed by atoms with Crippen molar-refractivity contribution in [3.05, 3.63) is 11.1 Å². The molecule has 6 heteroatoms. The third-order valence-corrected chi connectivity index (χ3v) is 4.15. The highest BCUT2D eigenvalue weighted by Gasteiger charge is 2.13. The van der Waals surface area contributed by atoms with Crippen LogP contribution in [-0.4, -0.2) is 34.9 Å². The van der Waals surface area contributed by atoms with Gasteiger partial charge in [-0.05, 0) is 19.1 Å². The molecule has 0 aliphatic carbocycles. The number of aromatic nitrogens is 1. The van der Waals surface area contributed by atoms with Crippen molar-refractivity contribution in [3.63, 3.8) is 0 Å². The maximum absolute atomic E-state index is 11.3. The van der Waals surface area contributed by atoms with E-state index in [1.165, 1.54) is 11.3 Å². The van der Waals surface area contributed by atoms with Crippen molar-refractivity contribution >= 4 is 34.1 Å². The Kier molecular flexibility index (Phi) is 6.54. The van der Waals surface area contributed by atoms with Gasteiger partial charge in [0.05, 0.1) is 5.69 Å². The lowest BCUT2D eigenvalue weighted by atomic mass is 10.5. The van der Waals surface area contributed by atoms with E-state index in [0.717, 1.165) is 28.8 Å². The minimum atomic E-state index is 0.0290. The highest BCUT2D eigenvalue weighted by atomic mass is 32.2. The van der Waals surface area contributed by atoms with Gasteiger partial charge in [-0.3, -0.25) is 9.69 Å². The highest BCUT2D eigenvalue weighted by molar-refractivity contribution is 7.98. The smallest absolute Gasteiger partial charge is 0.225 e. The lowest BCUT2D eigenvalue weighted by Crippen LogP contribution is -2.27. The second-order valence-corrected chi connectivity index (χ2v) is 5.46. The summed E-state index contributed by atoms with van der Waals surface area (Å²) in [7, 11) is 0. The van der Waals surface area contributed by atoms with Crippen molar-refractivity contribution in [1.82, 2.24) is 4.98 Å². The molecule has 1 N–H and O–H groups in total. The van der Waals surface area contributed by atoms with Gasteiger partial charge in [-0.2, -0.15) is 11.8 Å². The van der Waals surface area contributed by atoms with Gasteiger partial charge >= 0.3 is 0 Å². The quantitative estimate of drug-likeness (QED) is 0.774. The molecule has 1 heterocycles. The molecule has 96 valence electrons. The summed E-state index contributed by atoms with van der Waals surface area (Å²) in [5.74, 6) is 1.81. The summed E-state index contributed by atoms with van der Waals surface area (Å²) in [5, 5.41) is 11.4. The first-order chi connectivity index (χ1) is 8.19. The summed E-state index contributed by atoms with van der Waals surface area (Å²) in [6.45, 7) is 4.39. The average Bonchev–Trinajstić information content (AvgIpc) is 2.74. The molecule has 0 fully saturated rings. The Bertz CT molecular complexity index is 355. The van der Waals surface area contributed by atoms with Gasteiger partial charge in [-0.1, -0.05) is 0 Å². The van der Waals surface area contributed by atoms with E-state index >= 15 is 0 Å². The molecule has 1 aromatic heterocycles. The van der Waals surface area contributed by atoms with Crippen LogP contribution in [0, 0.1) is 0 Å². The van der Waals surface area contributed by atoms with Crippen LogP contribution in [0.3, 0.4) is 0 Å². The molecule has 0 aliphatic rings. The highest BCUT2D eigenvalue weighted by Crippen LogP contribution is 2.23. The number of hydrogen-bond acceptors (Lipinski definition) is 5. The van der Waals surface area contributed by atoms with Gasteiger partial charge in [0.15, 0.2) is 5.13 Å². The first-order valence-corrected chi connectivity index (χ1v) is 7.63. The number of thioether (sulfide) groups is 1. The molecule has 0 spiro atoms. The molecule has 17 heavy (non-hydrogen) atoms. The second-order valence-electron chi connectivity index (χ2n) is 3.51. The number of nitrogens with zero attached hydrogens (tertiary/aromatic N) is 2. The Hall–Kier alpha value is -0.590. The van der Waals surface area contributed by atoms with E-state index in [0.29, 0.717) is 6.54 Å². The lowest BCUT2D eigenvalue weighted by molar-refractivity contribution is -0.116. The fourth-order valence-electron chi connectivity index (χ4n) is 1.32. The summed E-state index contributed by atoms with van der Waals surface area (Å²) >= 11 is 3.26. The number of rotatable bonds is 7. The predicted molar refractivity (Wildman–Crippen MR) is 73.7 cm³/mol. The standard InChI is InChI=1S/C11H18N2O2S2/c1-3-13(9(2)15)11-12-10(8-17-11)7-16-6-4-5-14/h8,14H,3-7H2,1-2H3. The van der Waals surface area contributed by atoms with E-state index in [1.54, 1.807) is 23.6 Å². The fraction of sp³-hybridized carbons (Fsp3) is 0.636. The van der Waals surface area contributed by atoms with Crippen molar-refractivity contribution < 1.29 is 9.90 Å². The van der Waals surface area contributed by atoms with Crippen molar-refractivity contribution in [2.24, 2.45) is 0 Å². The minimum Gasteiger partial charge on any atom is -0.396 e. The van der Waals surface area contributed by atoms with Crippen LogP contribution >= 0.6 is 23.1 Å². The van der Waals surface area contributed by atoms with E-state index in [9.17, 15) is 4.79 Å². The maximum atomic E-state index is 11.3. The largest absolute Gasteiger partial charge is 0.396 e. The summed E-state index contributed by atoms with van der Waals surface area (Å²) in [4.78, 5) is 17.5.